The average Bonchev–Trinajstić information content (AvgIpc) is 2.67. The van der Waals surface area contributed by atoms with Gasteiger partial charge in [-0.3, -0.25) is 10.2 Å². The highest BCUT2D eigenvalue weighted by atomic mass is 32.2. The molecular formula is C19H25N5O2S. The van der Waals surface area contributed by atoms with Crippen LogP contribution in [0, 0.1) is 6.92 Å². The van der Waals surface area contributed by atoms with Gasteiger partial charge in [-0.15, -0.1) is 0 Å². The molecule has 144 valence electrons. The zero-order valence-electron chi connectivity index (χ0n) is 15.9. The second-order valence-electron chi connectivity index (χ2n) is 6.57. The molecule has 1 N–H and O–H groups in total. The lowest BCUT2D eigenvalue weighted by atomic mass is 10.1. The van der Waals surface area contributed by atoms with Gasteiger partial charge in [-0.1, -0.05) is 23.9 Å². The summed E-state index contributed by atoms with van der Waals surface area (Å²) in [6, 6.07) is 9.64. The molecule has 1 aromatic carbocycles. The van der Waals surface area contributed by atoms with E-state index in [2.05, 4.69) is 15.4 Å². The lowest BCUT2D eigenvalue weighted by Crippen LogP contribution is -2.48. The quantitative estimate of drug-likeness (QED) is 0.601. The number of thioether (sulfide) groups is 1. The number of hydrogen-bond donors (Lipinski definition) is 1. The maximum Gasteiger partial charge on any atom is 0.265 e. The topological polar surface area (TPSA) is 70.6 Å². The number of carbonyl (C=O) groups is 1. The third-order valence-corrected chi connectivity index (χ3v) is 5.02. The Morgan fingerprint density at radius 2 is 2.04 bits per heavy atom. The minimum absolute atomic E-state index is 0.0922. The van der Waals surface area contributed by atoms with E-state index in [4.69, 9.17) is 4.74 Å². The van der Waals surface area contributed by atoms with Crippen molar-refractivity contribution in [3.8, 4) is 0 Å². The molecule has 0 bridgehead atoms. The van der Waals surface area contributed by atoms with Gasteiger partial charge in [0.15, 0.2) is 5.16 Å². The SMILES string of the molecule is Cc1cc(N(C)C)nc(SCc2cccc(C(=O)NN3CCOCC3)c2)n1. The summed E-state index contributed by atoms with van der Waals surface area (Å²) < 4.78 is 5.30. The molecule has 8 heteroatoms. The molecule has 1 aliphatic heterocycles. The van der Waals surface area contributed by atoms with Crippen LogP contribution in [0.2, 0.25) is 0 Å². The Morgan fingerprint density at radius 3 is 2.78 bits per heavy atom. The van der Waals surface area contributed by atoms with Gasteiger partial charge in [0.1, 0.15) is 5.82 Å². The van der Waals surface area contributed by atoms with E-state index in [1.165, 1.54) is 0 Å². The number of benzene rings is 1. The molecule has 0 aliphatic carbocycles. The zero-order chi connectivity index (χ0) is 19.2. The molecule has 0 atom stereocenters. The lowest BCUT2D eigenvalue weighted by Gasteiger charge is -2.26. The number of morpholine rings is 1. The van der Waals surface area contributed by atoms with Crippen molar-refractivity contribution in [2.24, 2.45) is 0 Å². The summed E-state index contributed by atoms with van der Waals surface area (Å²) in [5.74, 6) is 1.50. The van der Waals surface area contributed by atoms with Crippen LogP contribution in [-0.4, -0.2) is 61.3 Å². The van der Waals surface area contributed by atoms with E-state index in [-0.39, 0.29) is 5.91 Å². The van der Waals surface area contributed by atoms with Crippen LogP contribution in [-0.2, 0) is 10.5 Å². The highest BCUT2D eigenvalue weighted by molar-refractivity contribution is 7.98. The van der Waals surface area contributed by atoms with Crippen LogP contribution >= 0.6 is 11.8 Å². The monoisotopic (exact) mass is 387 g/mol. The maximum absolute atomic E-state index is 12.5. The van der Waals surface area contributed by atoms with E-state index in [9.17, 15) is 4.79 Å². The van der Waals surface area contributed by atoms with Crippen LogP contribution in [0.1, 0.15) is 21.6 Å². The molecule has 0 unspecified atom stereocenters. The third-order valence-electron chi connectivity index (χ3n) is 4.11. The van der Waals surface area contributed by atoms with Gasteiger partial charge in [0.25, 0.3) is 5.91 Å². The molecule has 0 spiro atoms. The fourth-order valence-electron chi connectivity index (χ4n) is 2.65. The normalized spacial score (nSPS) is 14.8. The number of anilines is 1. The Balaban J connectivity index is 1.63. The second kappa shape index (κ2) is 9.16. The summed E-state index contributed by atoms with van der Waals surface area (Å²) in [6.45, 7) is 4.67. The fourth-order valence-corrected chi connectivity index (χ4v) is 3.49. The number of hydrazine groups is 1. The first kappa shape index (κ1) is 19.6. The molecule has 0 radical (unpaired) electrons. The van der Waals surface area contributed by atoms with Crippen molar-refractivity contribution in [3.05, 3.63) is 47.2 Å². The van der Waals surface area contributed by atoms with E-state index in [0.29, 0.717) is 37.6 Å². The van der Waals surface area contributed by atoms with Crippen molar-refractivity contribution in [1.82, 2.24) is 20.4 Å². The first-order valence-electron chi connectivity index (χ1n) is 8.90. The highest BCUT2D eigenvalue weighted by Crippen LogP contribution is 2.22. The fraction of sp³-hybridized carbons (Fsp3) is 0.421. The molecular weight excluding hydrogens is 362 g/mol. The first-order chi connectivity index (χ1) is 13.0. The summed E-state index contributed by atoms with van der Waals surface area (Å²) in [5, 5.41) is 2.64. The molecule has 1 saturated heterocycles. The summed E-state index contributed by atoms with van der Waals surface area (Å²) in [4.78, 5) is 23.5. The zero-order valence-corrected chi connectivity index (χ0v) is 16.8. The summed E-state index contributed by atoms with van der Waals surface area (Å²) in [6.07, 6.45) is 0. The standard InChI is InChI=1S/C19H25N5O2S/c1-14-11-17(23(2)3)21-19(20-14)27-13-15-5-4-6-16(12-15)18(25)22-24-7-9-26-10-8-24/h4-6,11-12H,7-10,13H2,1-3H3,(H,22,25). The van der Waals surface area contributed by atoms with Crippen molar-refractivity contribution in [3.63, 3.8) is 0 Å². The summed E-state index contributed by atoms with van der Waals surface area (Å²) in [5.41, 5.74) is 5.59. The molecule has 1 aromatic heterocycles. The van der Waals surface area contributed by atoms with Gasteiger partial charge in [-0.2, -0.15) is 0 Å². The van der Waals surface area contributed by atoms with Crippen molar-refractivity contribution in [2.45, 2.75) is 17.8 Å². The van der Waals surface area contributed by atoms with Crippen LogP contribution in [0.3, 0.4) is 0 Å². The van der Waals surface area contributed by atoms with Gasteiger partial charge < -0.3 is 9.64 Å². The largest absolute Gasteiger partial charge is 0.379 e. The predicted octanol–water partition coefficient (Wildman–Crippen LogP) is 2.12. The number of aryl methyl sites for hydroxylation is 1. The molecule has 1 amide bonds. The van der Waals surface area contributed by atoms with E-state index in [1.54, 1.807) is 11.8 Å². The first-order valence-corrected chi connectivity index (χ1v) is 9.88. The van der Waals surface area contributed by atoms with Gasteiger partial charge in [-0.25, -0.2) is 15.0 Å². The van der Waals surface area contributed by atoms with Crippen molar-refractivity contribution >= 4 is 23.5 Å². The number of nitrogens with one attached hydrogen (secondary N) is 1. The molecule has 2 aromatic rings. The van der Waals surface area contributed by atoms with E-state index in [0.717, 1.165) is 22.2 Å². The van der Waals surface area contributed by atoms with Gasteiger partial charge in [0.05, 0.1) is 13.2 Å². The second-order valence-corrected chi connectivity index (χ2v) is 7.52. The molecule has 1 aliphatic rings. The van der Waals surface area contributed by atoms with Gasteiger partial charge in [0.2, 0.25) is 0 Å². The number of hydrogen-bond acceptors (Lipinski definition) is 7. The number of rotatable bonds is 6. The predicted molar refractivity (Wildman–Crippen MR) is 107 cm³/mol. The number of carbonyl (C=O) groups excluding carboxylic acids is 1. The molecule has 3 rings (SSSR count). The molecule has 0 saturated carbocycles. The van der Waals surface area contributed by atoms with Crippen LogP contribution < -0.4 is 10.3 Å². The Morgan fingerprint density at radius 1 is 1.26 bits per heavy atom. The molecule has 2 heterocycles. The molecule has 7 nitrogen and oxygen atoms in total. The smallest absolute Gasteiger partial charge is 0.265 e. The number of nitrogens with zero attached hydrogens (tertiary/aromatic N) is 4. The minimum atomic E-state index is -0.0922. The Kier molecular flexibility index (Phi) is 6.65. The van der Waals surface area contributed by atoms with E-state index >= 15 is 0 Å². The number of aromatic nitrogens is 2. The Hall–Kier alpha value is -2.16. The van der Waals surface area contributed by atoms with Gasteiger partial charge in [0, 0.05) is 50.3 Å². The van der Waals surface area contributed by atoms with E-state index in [1.807, 2.05) is 61.3 Å². The maximum atomic E-state index is 12.5. The van der Waals surface area contributed by atoms with Crippen molar-refractivity contribution in [1.29, 1.82) is 0 Å². The number of amides is 1. The lowest BCUT2D eigenvalue weighted by molar-refractivity contribution is 0.0126. The van der Waals surface area contributed by atoms with Crippen molar-refractivity contribution in [2.75, 3.05) is 45.3 Å². The average molecular weight is 388 g/mol. The highest BCUT2D eigenvalue weighted by Gasteiger charge is 2.14. The summed E-state index contributed by atoms with van der Waals surface area (Å²) in [7, 11) is 3.93. The minimum Gasteiger partial charge on any atom is -0.379 e. The van der Waals surface area contributed by atoms with Crippen molar-refractivity contribution < 1.29 is 9.53 Å². The Bertz CT molecular complexity index is 793. The van der Waals surface area contributed by atoms with Crippen LogP contribution in [0.4, 0.5) is 5.82 Å². The third kappa shape index (κ3) is 5.66. The Labute approximate surface area is 164 Å². The summed E-state index contributed by atoms with van der Waals surface area (Å²) >= 11 is 1.57. The number of ether oxygens (including phenoxy) is 1. The molecule has 1 fully saturated rings. The van der Waals surface area contributed by atoms with Gasteiger partial charge in [-0.05, 0) is 24.6 Å². The van der Waals surface area contributed by atoms with Gasteiger partial charge >= 0.3 is 0 Å². The molecule has 27 heavy (non-hydrogen) atoms. The van der Waals surface area contributed by atoms with Crippen LogP contribution in [0.15, 0.2) is 35.5 Å². The van der Waals surface area contributed by atoms with Crippen LogP contribution in [0.5, 0.6) is 0 Å². The van der Waals surface area contributed by atoms with Crippen LogP contribution in [0.25, 0.3) is 0 Å². The van der Waals surface area contributed by atoms with E-state index < -0.39 is 0 Å².